The van der Waals surface area contributed by atoms with E-state index >= 15 is 0 Å². The van der Waals surface area contributed by atoms with E-state index in [4.69, 9.17) is 9.47 Å². The third kappa shape index (κ3) is 4.16. The van der Waals surface area contributed by atoms with Crippen LogP contribution in [0.1, 0.15) is 31.2 Å². The van der Waals surface area contributed by atoms with Crippen LogP contribution >= 0.6 is 0 Å². The number of hydrogen-bond donors (Lipinski definition) is 1. The van der Waals surface area contributed by atoms with Gasteiger partial charge in [0.25, 0.3) is 0 Å². The molecule has 7 heteroatoms. The zero-order chi connectivity index (χ0) is 16.3. The van der Waals surface area contributed by atoms with Gasteiger partial charge in [0.05, 0.1) is 5.75 Å². The van der Waals surface area contributed by atoms with Gasteiger partial charge in [0, 0.05) is 11.6 Å². The van der Waals surface area contributed by atoms with Gasteiger partial charge in [0.1, 0.15) is 19.0 Å². The number of fused-ring (bicyclic) bond motifs is 1. The zero-order valence-electron chi connectivity index (χ0n) is 12.9. The van der Waals surface area contributed by atoms with E-state index in [1.54, 1.807) is 18.2 Å². The van der Waals surface area contributed by atoms with Gasteiger partial charge in [-0.25, -0.2) is 8.42 Å². The van der Waals surface area contributed by atoms with Crippen molar-refractivity contribution in [3.63, 3.8) is 0 Å². The minimum Gasteiger partial charge on any atom is -0.486 e. The highest BCUT2D eigenvalue weighted by Crippen LogP contribution is 2.34. The van der Waals surface area contributed by atoms with E-state index in [2.05, 4.69) is 5.32 Å². The third-order valence-corrected chi connectivity index (χ3v) is 5.55. The van der Waals surface area contributed by atoms with E-state index in [1.165, 1.54) is 0 Å². The summed E-state index contributed by atoms with van der Waals surface area (Å²) >= 11 is 0. The quantitative estimate of drug-likeness (QED) is 0.878. The van der Waals surface area contributed by atoms with Gasteiger partial charge in [0.15, 0.2) is 21.3 Å². The second-order valence-electron chi connectivity index (χ2n) is 6.02. The predicted octanol–water partition coefficient (Wildman–Crippen LogP) is 1.43. The van der Waals surface area contributed by atoms with Crippen LogP contribution in [0.2, 0.25) is 0 Å². The molecule has 0 saturated heterocycles. The number of rotatable bonds is 5. The lowest BCUT2D eigenvalue weighted by molar-refractivity contribution is -0.119. The summed E-state index contributed by atoms with van der Waals surface area (Å²) in [7, 11) is -3.56. The summed E-state index contributed by atoms with van der Waals surface area (Å²) in [5.74, 6) is -0.109. The van der Waals surface area contributed by atoms with Crippen molar-refractivity contribution < 1.29 is 22.7 Å². The lowest BCUT2D eigenvalue weighted by Gasteiger charge is -2.21. The molecule has 1 aromatic rings. The van der Waals surface area contributed by atoms with Gasteiger partial charge < -0.3 is 14.8 Å². The van der Waals surface area contributed by atoms with Gasteiger partial charge in [-0.05, 0) is 18.9 Å². The number of ether oxygens (including phenoxy) is 2. The number of amides is 1. The Kier molecular flexibility index (Phi) is 4.75. The van der Waals surface area contributed by atoms with Gasteiger partial charge in [0.2, 0.25) is 5.91 Å². The first-order valence-corrected chi connectivity index (χ1v) is 9.73. The molecule has 1 aromatic carbocycles. The first kappa shape index (κ1) is 16.1. The lowest BCUT2D eigenvalue weighted by atomic mass is 10.2. The molecule has 0 atom stereocenters. The lowest BCUT2D eigenvalue weighted by Crippen LogP contribution is -2.37. The summed E-state index contributed by atoms with van der Waals surface area (Å²) in [6.07, 6.45) is 4.04. The van der Waals surface area contributed by atoms with Crippen molar-refractivity contribution in [3.05, 3.63) is 23.8 Å². The minimum atomic E-state index is -3.56. The highest BCUT2D eigenvalue weighted by Gasteiger charge is 2.24. The second kappa shape index (κ2) is 6.78. The van der Waals surface area contributed by atoms with Crippen LogP contribution in [-0.2, 0) is 20.4 Å². The Hall–Kier alpha value is -1.76. The Labute approximate surface area is 136 Å². The maximum Gasteiger partial charge on any atom is 0.235 e. The van der Waals surface area contributed by atoms with Crippen molar-refractivity contribution in [1.29, 1.82) is 0 Å². The molecule has 0 aromatic heterocycles. The third-order valence-electron chi connectivity index (χ3n) is 4.09. The molecular weight excluding hydrogens is 318 g/mol. The SMILES string of the molecule is O=C(CS(=O)(=O)Cc1cccc2c1OCCO2)NC1CCCC1. The number of carbonyl (C=O) groups is 1. The monoisotopic (exact) mass is 339 g/mol. The normalized spacial score (nSPS) is 17.9. The Morgan fingerprint density at radius 2 is 1.91 bits per heavy atom. The maximum atomic E-state index is 12.3. The summed E-state index contributed by atoms with van der Waals surface area (Å²) in [5, 5.41) is 2.81. The zero-order valence-corrected chi connectivity index (χ0v) is 13.7. The molecule has 1 fully saturated rings. The van der Waals surface area contributed by atoms with Gasteiger partial charge in [-0.15, -0.1) is 0 Å². The molecule has 1 saturated carbocycles. The highest BCUT2D eigenvalue weighted by atomic mass is 32.2. The van der Waals surface area contributed by atoms with Crippen LogP contribution in [-0.4, -0.2) is 39.3 Å². The van der Waals surface area contributed by atoms with Crippen LogP contribution in [0.5, 0.6) is 11.5 Å². The number of carbonyl (C=O) groups excluding carboxylic acids is 1. The predicted molar refractivity (Wildman–Crippen MR) is 85.3 cm³/mol. The molecule has 0 unspecified atom stereocenters. The average molecular weight is 339 g/mol. The number of para-hydroxylation sites is 1. The second-order valence-corrected chi connectivity index (χ2v) is 8.09. The summed E-state index contributed by atoms with van der Waals surface area (Å²) in [4.78, 5) is 11.9. The highest BCUT2D eigenvalue weighted by molar-refractivity contribution is 7.91. The summed E-state index contributed by atoms with van der Waals surface area (Å²) in [5.41, 5.74) is 0.538. The Bertz CT molecular complexity index is 680. The molecule has 1 heterocycles. The fraction of sp³-hybridized carbons (Fsp3) is 0.562. The van der Waals surface area contributed by atoms with Crippen molar-refractivity contribution in [2.45, 2.75) is 37.5 Å². The van der Waals surface area contributed by atoms with Crippen molar-refractivity contribution in [1.82, 2.24) is 5.32 Å². The number of nitrogens with one attached hydrogen (secondary N) is 1. The molecule has 1 aliphatic carbocycles. The molecule has 3 rings (SSSR count). The van der Waals surface area contributed by atoms with Crippen LogP contribution in [0.25, 0.3) is 0 Å². The molecule has 1 amide bonds. The van der Waals surface area contributed by atoms with Crippen molar-refractivity contribution >= 4 is 15.7 Å². The first-order chi connectivity index (χ1) is 11.0. The maximum absolute atomic E-state index is 12.3. The molecule has 126 valence electrons. The van der Waals surface area contributed by atoms with E-state index in [0.717, 1.165) is 25.7 Å². The Balaban J connectivity index is 1.65. The molecule has 1 aliphatic heterocycles. The van der Waals surface area contributed by atoms with Gasteiger partial charge in [-0.3, -0.25) is 4.79 Å². The molecule has 1 N–H and O–H groups in total. The van der Waals surface area contributed by atoms with E-state index < -0.39 is 21.5 Å². The topological polar surface area (TPSA) is 81.7 Å². The average Bonchev–Trinajstić information content (AvgIpc) is 2.99. The summed E-state index contributed by atoms with van der Waals surface area (Å²) in [6.45, 7) is 0.846. The van der Waals surface area contributed by atoms with E-state index in [0.29, 0.717) is 30.3 Å². The first-order valence-electron chi connectivity index (χ1n) is 7.91. The molecule has 2 aliphatic rings. The van der Waals surface area contributed by atoms with Crippen LogP contribution in [0.4, 0.5) is 0 Å². The number of sulfone groups is 1. The summed E-state index contributed by atoms with van der Waals surface area (Å²) < 4.78 is 35.6. The summed E-state index contributed by atoms with van der Waals surface area (Å²) in [6, 6.07) is 5.30. The van der Waals surface area contributed by atoms with Crippen LogP contribution in [0.3, 0.4) is 0 Å². The fourth-order valence-electron chi connectivity index (χ4n) is 3.07. The standard InChI is InChI=1S/C16H21NO5S/c18-15(17-13-5-1-2-6-13)11-23(19,20)10-12-4-3-7-14-16(12)22-9-8-21-14/h3-4,7,13H,1-2,5-6,8-11H2,(H,17,18). The molecule has 0 spiro atoms. The van der Waals surface area contributed by atoms with Crippen molar-refractivity contribution in [2.75, 3.05) is 19.0 Å². The van der Waals surface area contributed by atoms with Crippen molar-refractivity contribution in [2.24, 2.45) is 0 Å². The van der Waals surface area contributed by atoms with Crippen LogP contribution in [0.15, 0.2) is 18.2 Å². The smallest absolute Gasteiger partial charge is 0.235 e. The van der Waals surface area contributed by atoms with Gasteiger partial charge in [-0.2, -0.15) is 0 Å². The number of hydrogen-bond acceptors (Lipinski definition) is 5. The van der Waals surface area contributed by atoms with Crippen LogP contribution in [0, 0.1) is 0 Å². The van der Waals surface area contributed by atoms with E-state index in [9.17, 15) is 13.2 Å². The Morgan fingerprint density at radius 1 is 1.17 bits per heavy atom. The molecular formula is C16H21NO5S. The van der Waals surface area contributed by atoms with Gasteiger partial charge >= 0.3 is 0 Å². The molecule has 23 heavy (non-hydrogen) atoms. The van der Waals surface area contributed by atoms with Crippen LogP contribution < -0.4 is 14.8 Å². The van der Waals surface area contributed by atoms with Crippen molar-refractivity contribution in [3.8, 4) is 11.5 Å². The minimum absolute atomic E-state index is 0.124. The fourth-order valence-corrected chi connectivity index (χ4v) is 4.36. The van der Waals surface area contributed by atoms with E-state index in [-0.39, 0.29) is 11.8 Å². The molecule has 6 nitrogen and oxygen atoms in total. The molecule has 0 radical (unpaired) electrons. The largest absolute Gasteiger partial charge is 0.486 e. The van der Waals surface area contributed by atoms with E-state index in [1.807, 2.05) is 0 Å². The number of benzene rings is 1. The van der Waals surface area contributed by atoms with Gasteiger partial charge in [-0.1, -0.05) is 25.0 Å². The Morgan fingerprint density at radius 3 is 2.70 bits per heavy atom. The molecule has 0 bridgehead atoms.